The van der Waals surface area contributed by atoms with E-state index in [4.69, 9.17) is 14.2 Å². The molecule has 0 spiro atoms. The van der Waals surface area contributed by atoms with E-state index in [0.29, 0.717) is 12.2 Å². The molecule has 0 N–H and O–H groups in total. The van der Waals surface area contributed by atoms with E-state index in [1.807, 2.05) is 0 Å². The van der Waals surface area contributed by atoms with Gasteiger partial charge in [-0.1, -0.05) is 51.2 Å². The summed E-state index contributed by atoms with van der Waals surface area (Å²) in [4.78, 5) is 23.5. The minimum atomic E-state index is -1.07. The van der Waals surface area contributed by atoms with Crippen LogP contribution in [0.3, 0.4) is 0 Å². The summed E-state index contributed by atoms with van der Waals surface area (Å²) < 4.78 is 63.3. The van der Waals surface area contributed by atoms with Crippen LogP contribution in [0.25, 0.3) is 11.1 Å². The second-order valence-electron chi connectivity index (χ2n) is 8.47. The van der Waals surface area contributed by atoms with Crippen molar-refractivity contribution in [2.24, 2.45) is 0 Å². The van der Waals surface area contributed by atoms with Gasteiger partial charge < -0.3 is 18.9 Å². The Hall–Kier alpha value is -4.01. The number of rotatable bonds is 12. The van der Waals surface area contributed by atoms with E-state index in [0.717, 1.165) is 51.3 Å². The maximum atomic E-state index is 14.8. The average Bonchev–Trinajstić information content (AvgIpc) is 2.91. The molecule has 0 saturated heterocycles. The highest BCUT2D eigenvalue weighted by molar-refractivity contribution is 5.91. The van der Waals surface area contributed by atoms with Gasteiger partial charge in [0.15, 0.2) is 11.6 Å². The molecule has 0 bridgehead atoms. The lowest BCUT2D eigenvalue weighted by Gasteiger charge is -2.11. The molecule has 0 fully saturated rings. The van der Waals surface area contributed by atoms with Gasteiger partial charge in [0.25, 0.3) is 0 Å². The predicted molar refractivity (Wildman–Crippen MR) is 135 cm³/mol. The second kappa shape index (κ2) is 14.1. The molecular formula is C29H29F3O6. The Labute approximate surface area is 219 Å². The highest BCUT2D eigenvalue weighted by Gasteiger charge is 2.18. The summed E-state index contributed by atoms with van der Waals surface area (Å²) in [5, 5.41) is 0. The van der Waals surface area contributed by atoms with E-state index in [9.17, 15) is 22.8 Å². The van der Waals surface area contributed by atoms with E-state index in [-0.39, 0.29) is 22.8 Å². The van der Waals surface area contributed by atoms with Crippen LogP contribution in [0.15, 0.2) is 54.6 Å². The molecule has 0 saturated carbocycles. The fourth-order valence-corrected chi connectivity index (χ4v) is 3.66. The van der Waals surface area contributed by atoms with Crippen LogP contribution in [0.4, 0.5) is 18.0 Å². The Morgan fingerprint density at radius 1 is 0.763 bits per heavy atom. The van der Waals surface area contributed by atoms with Crippen LogP contribution < -0.4 is 14.2 Å². The smallest absolute Gasteiger partial charge is 0.490 e. The Balaban J connectivity index is 1.60. The van der Waals surface area contributed by atoms with Crippen LogP contribution >= 0.6 is 0 Å². The molecule has 0 aliphatic heterocycles. The number of ether oxygens (including phenoxy) is 4. The van der Waals surface area contributed by atoms with E-state index in [2.05, 4.69) is 11.7 Å². The van der Waals surface area contributed by atoms with Gasteiger partial charge in [-0.25, -0.2) is 18.4 Å². The number of esters is 1. The first-order chi connectivity index (χ1) is 18.3. The first-order valence-corrected chi connectivity index (χ1v) is 12.3. The van der Waals surface area contributed by atoms with E-state index < -0.39 is 35.1 Å². The molecule has 3 rings (SSSR count). The number of benzene rings is 3. The van der Waals surface area contributed by atoms with Crippen molar-refractivity contribution in [1.29, 1.82) is 0 Å². The average molecular weight is 531 g/mol. The maximum Gasteiger partial charge on any atom is 0.513 e. The zero-order valence-corrected chi connectivity index (χ0v) is 21.2. The molecule has 9 heteroatoms. The SMILES string of the molecule is CCCCCCCCOc1ccc(-c2ccc(OC(=O)c3ccc(OC(=O)OC)cc3F)cc2)c(F)c1F. The van der Waals surface area contributed by atoms with Crippen LogP contribution in [0.5, 0.6) is 17.2 Å². The fraction of sp³-hybridized carbons (Fsp3) is 0.310. The molecule has 0 aliphatic carbocycles. The van der Waals surface area contributed by atoms with E-state index in [1.54, 1.807) is 0 Å². The molecule has 202 valence electrons. The molecule has 0 aromatic heterocycles. The van der Waals surface area contributed by atoms with Crippen LogP contribution in [0.2, 0.25) is 0 Å². The van der Waals surface area contributed by atoms with Gasteiger partial charge in [-0.2, -0.15) is 4.39 Å². The molecule has 3 aromatic carbocycles. The predicted octanol–water partition coefficient (Wildman–Crippen LogP) is 7.87. The van der Waals surface area contributed by atoms with Gasteiger partial charge >= 0.3 is 12.1 Å². The normalized spacial score (nSPS) is 10.7. The molecule has 0 atom stereocenters. The summed E-state index contributed by atoms with van der Waals surface area (Å²) in [5.74, 6) is -4.31. The third-order valence-electron chi connectivity index (χ3n) is 5.71. The zero-order chi connectivity index (χ0) is 27.5. The molecular weight excluding hydrogens is 501 g/mol. The second-order valence-corrected chi connectivity index (χ2v) is 8.47. The summed E-state index contributed by atoms with van der Waals surface area (Å²) >= 11 is 0. The van der Waals surface area contributed by atoms with E-state index >= 15 is 0 Å². The van der Waals surface area contributed by atoms with Crippen molar-refractivity contribution in [2.45, 2.75) is 45.4 Å². The summed E-state index contributed by atoms with van der Waals surface area (Å²) in [5.41, 5.74) is -0.0327. The topological polar surface area (TPSA) is 71.1 Å². The summed E-state index contributed by atoms with van der Waals surface area (Å²) in [6, 6.07) is 11.6. The third kappa shape index (κ3) is 7.74. The molecule has 3 aromatic rings. The number of hydrogen-bond donors (Lipinski definition) is 0. The number of hydrogen-bond acceptors (Lipinski definition) is 6. The van der Waals surface area contributed by atoms with Crippen molar-refractivity contribution in [2.75, 3.05) is 13.7 Å². The summed E-state index contributed by atoms with van der Waals surface area (Å²) in [6.45, 7) is 2.45. The molecule has 38 heavy (non-hydrogen) atoms. The van der Waals surface area contributed by atoms with Crippen molar-refractivity contribution in [3.8, 4) is 28.4 Å². The minimum Gasteiger partial charge on any atom is -0.490 e. The summed E-state index contributed by atoms with van der Waals surface area (Å²) in [6.07, 6.45) is 5.30. The highest BCUT2D eigenvalue weighted by Crippen LogP contribution is 2.31. The van der Waals surface area contributed by atoms with Crippen LogP contribution in [-0.2, 0) is 4.74 Å². The molecule has 0 radical (unpaired) electrons. The van der Waals surface area contributed by atoms with Crippen LogP contribution in [0.1, 0.15) is 55.8 Å². The Morgan fingerprint density at radius 3 is 2.13 bits per heavy atom. The largest absolute Gasteiger partial charge is 0.513 e. The standard InChI is InChI=1S/C29H29F3O6/c1-3-4-5-6-7-8-17-36-25-16-15-22(26(31)27(25)32)19-9-11-20(12-10-19)37-28(33)23-14-13-21(18-24(23)30)38-29(34)35-2/h9-16,18H,3-8,17H2,1-2H3. The lowest BCUT2D eigenvalue weighted by molar-refractivity contribution is 0.0730. The number of carbonyl (C=O) groups is 2. The molecule has 0 unspecified atom stereocenters. The van der Waals surface area contributed by atoms with Crippen molar-refractivity contribution in [1.82, 2.24) is 0 Å². The fourth-order valence-electron chi connectivity index (χ4n) is 3.66. The van der Waals surface area contributed by atoms with Crippen molar-refractivity contribution < 1.29 is 41.7 Å². The van der Waals surface area contributed by atoms with Gasteiger partial charge in [-0.15, -0.1) is 0 Å². The molecule has 0 aliphatic rings. The van der Waals surface area contributed by atoms with Crippen molar-refractivity contribution in [3.63, 3.8) is 0 Å². The Bertz CT molecular complexity index is 1240. The molecule has 0 amide bonds. The monoisotopic (exact) mass is 530 g/mol. The van der Waals surface area contributed by atoms with Gasteiger partial charge in [0, 0.05) is 11.6 Å². The number of methoxy groups -OCH3 is 1. The van der Waals surface area contributed by atoms with Crippen molar-refractivity contribution >= 4 is 12.1 Å². The first-order valence-electron chi connectivity index (χ1n) is 12.3. The lowest BCUT2D eigenvalue weighted by Crippen LogP contribution is -2.12. The van der Waals surface area contributed by atoms with Crippen LogP contribution in [0, 0.1) is 17.5 Å². The van der Waals surface area contributed by atoms with E-state index in [1.165, 1.54) is 48.9 Å². The first kappa shape index (κ1) is 28.6. The van der Waals surface area contributed by atoms with Gasteiger partial charge in [0.2, 0.25) is 5.82 Å². The van der Waals surface area contributed by atoms with Gasteiger partial charge in [0.05, 0.1) is 19.3 Å². The van der Waals surface area contributed by atoms with Gasteiger partial charge in [-0.05, 0) is 48.4 Å². The van der Waals surface area contributed by atoms with Crippen LogP contribution in [-0.4, -0.2) is 25.8 Å². The number of carbonyl (C=O) groups excluding carboxylic acids is 2. The molecule has 0 heterocycles. The number of halogens is 3. The third-order valence-corrected chi connectivity index (χ3v) is 5.71. The van der Waals surface area contributed by atoms with Crippen molar-refractivity contribution in [3.05, 3.63) is 77.6 Å². The Kier molecular flexibility index (Phi) is 10.6. The Morgan fingerprint density at radius 2 is 1.45 bits per heavy atom. The van der Waals surface area contributed by atoms with Gasteiger partial charge in [-0.3, -0.25) is 0 Å². The lowest BCUT2D eigenvalue weighted by atomic mass is 10.0. The summed E-state index contributed by atoms with van der Waals surface area (Å²) in [7, 11) is 1.10. The minimum absolute atomic E-state index is 0.0135. The molecule has 6 nitrogen and oxygen atoms in total. The number of unbranched alkanes of at least 4 members (excludes halogenated alkanes) is 5. The quantitative estimate of drug-likeness (QED) is 0.103. The highest BCUT2D eigenvalue weighted by atomic mass is 19.2. The zero-order valence-electron chi connectivity index (χ0n) is 21.2. The maximum absolute atomic E-state index is 14.8. The van der Waals surface area contributed by atoms with Gasteiger partial charge in [0.1, 0.15) is 17.3 Å².